The van der Waals surface area contributed by atoms with Crippen molar-refractivity contribution in [2.24, 2.45) is 7.05 Å². The minimum absolute atomic E-state index is 0.127. The highest BCUT2D eigenvalue weighted by atomic mass is 35.5. The van der Waals surface area contributed by atoms with E-state index in [0.29, 0.717) is 21.7 Å². The topological polar surface area (TPSA) is 147 Å². The van der Waals surface area contributed by atoms with Gasteiger partial charge in [0.25, 0.3) is 11.1 Å². The second-order valence-corrected chi connectivity index (χ2v) is 11.4. The number of pyridine rings is 1. The summed E-state index contributed by atoms with van der Waals surface area (Å²) >= 11 is 6.17. The van der Waals surface area contributed by atoms with Crippen LogP contribution in [0.4, 0.5) is 10.5 Å². The Bertz CT molecular complexity index is 1910. The third-order valence-corrected chi connectivity index (χ3v) is 7.01. The first kappa shape index (κ1) is 32.1. The Morgan fingerprint density at radius 1 is 1.07 bits per heavy atom. The van der Waals surface area contributed by atoms with Crippen molar-refractivity contribution in [3.8, 4) is 22.9 Å². The SMILES string of the molecule is COCCC(C(=O)Nc1ccc2c(=O)n(C)n(C(=O)OC(C)(C)C)c2c1)n1cc(OC)c(-c2cc(Cl)ccc2C#N)cc1=O. The third kappa shape index (κ3) is 6.54. The summed E-state index contributed by atoms with van der Waals surface area (Å²) in [5.41, 5.74) is -0.202. The molecule has 2 aromatic carbocycles. The number of anilines is 1. The van der Waals surface area contributed by atoms with E-state index in [1.165, 1.54) is 56.3 Å². The summed E-state index contributed by atoms with van der Waals surface area (Å²) in [4.78, 5) is 52.9. The number of nitriles is 1. The highest BCUT2D eigenvalue weighted by molar-refractivity contribution is 6.31. The fraction of sp³-hybridized carbons (Fsp3) is 0.323. The number of nitrogens with zero attached hydrogens (tertiary/aromatic N) is 4. The maximum atomic E-state index is 13.7. The van der Waals surface area contributed by atoms with Gasteiger partial charge in [0, 0.05) is 55.1 Å². The summed E-state index contributed by atoms with van der Waals surface area (Å²) in [7, 11) is 4.33. The lowest BCUT2D eigenvalue weighted by molar-refractivity contribution is -0.119. The second-order valence-electron chi connectivity index (χ2n) is 10.9. The average molecular weight is 622 g/mol. The number of halogens is 1. The van der Waals surface area contributed by atoms with E-state index in [2.05, 4.69) is 11.4 Å². The second kappa shape index (κ2) is 12.8. The van der Waals surface area contributed by atoms with Crippen molar-refractivity contribution >= 4 is 40.2 Å². The molecule has 1 atom stereocenters. The van der Waals surface area contributed by atoms with Gasteiger partial charge >= 0.3 is 6.09 Å². The van der Waals surface area contributed by atoms with Crippen molar-refractivity contribution < 1.29 is 23.8 Å². The molecule has 0 spiro atoms. The number of hydrogen-bond acceptors (Lipinski definition) is 8. The number of rotatable bonds is 8. The largest absolute Gasteiger partial charge is 0.495 e. The van der Waals surface area contributed by atoms with Gasteiger partial charge in [-0.3, -0.25) is 19.0 Å². The van der Waals surface area contributed by atoms with E-state index in [-0.39, 0.29) is 35.4 Å². The highest BCUT2D eigenvalue weighted by Gasteiger charge is 2.26. The zero-order chi connectivity index (χ0) is 32.3. The number of aromatic nitrogens is 3. The van der Waals surface area contributed by atoms with Crippen LogP contribution in [0.25, 0.3) is 22.0 Å². The van der Waals surface area contributed by atoms with E-state index in [1.807, 2.05) is 0 Å². The smallest absolute Gasteiger partial charge is 0.434 e. The van der Waals surface area contributed by atoms with Gasteiger partial charge < -0.3 is 19.5 Å². The normalized spacial score (nSPS) is 12.0. The van der Waals surface area contributed by atoms with Gasteiger partial charge in [-0.15, -0.1) is 0 Å². The van der Waals surface area contributed by atoms with Crippen molar-refractivity contribution in [2.75, 3.05) is 26.1 Å². The number of nitrogens with one attached hydrogen (secondary N) is 1. The molecule has 0 saturated carbocycles. The van der Waals surface area contributed by atoms with E-state index in [1.54, 1.807) is 39.0 Å². The number of benzene rings is 2. The van der Waals surface area contributed by atoms with Gasteiger partial charge in [-0.05, 0) is 57.2 Å². The van der Waals surface area contributed by atoms with E-state index in [4.69, 9.17) is 25.8 Å². The van der Waals surface area contributed by atoms with Crippen LogP contribution < -0.4 is 21.2 Å². The Labute approximate surface area is 257 Å². The molecule has 0 radical (unpaired) electrons. The number of ether oxygens (including phenoxy) is 3. The van der Waals surface area contributed by atoms with E-state index in [0.717, 1.165) is 9.36 Å². The first-order valence-corrected chi connectivity index (χ1v) is 13.9. The summed E-state index contributed by atoms with van der Waals surface area (Å²) < 4.78 is 19.7. The summed E-state index contributed by atoms with van der Waals surface area (Å²) in [6.45, 7) is 5.28. The molecule has 44 heavy (non-hydrogen) atoms. The molecule has 0 aliphatic heterocycles. The molecule has 12 nitrogen and oxygen atoms in total. The lowest BCUT2D eigenvalue weighted by Gasteiger charge is -2.21. The molecule has 1 unspecified atom stereocenters. The summed E-state index contributed by atoms with van der Waals surface area (Å²) in [6.07, 6.45) is 0.772. The van der Waals surface area contributed by atoms with Crippen LogP contribution in [0.5, 0.6) is 5.75 Å². The number of amides is 1. The molecule has 1 N–H and O–H groups in total. The molecular weight excluding hydrogens is 590 g/mol. The Morgan fingerprint density at radius 3 is 2.43 bits per heavy atom. The van der Waals surface area contributed by atoms with Crippen LogP contribution in [0.3, 0.4) is 0 Å². The Hall–Kier alpha value is -4.86. The number of carbonyl (C=O) groups is 2. The van der Waals surface area contributed by atoms with Gasteiger partial charge in [0.05, 0.1) is 35.8 Å². The summed E-state index contributed by atoms with van der Waals surface area (Å²) in [6, 6.07) is 11.5. The van der Waals surface area contributed by atoms with Gasteiger partial charge in [-0.2, -0.15) is 9.94 Å². The molecule has 0 bridgehead atoms. The third-order valence-electron chi connectivity index (χ3n) is 6.77. The first-order valence-electron chi connectivity index (χ1n) is 13.5. The van der Waals surface area contributed by atoms with Crippen LogP contribution >= 0.6 is 11.6 Å². The van der Waals surface area contributed by atoms with E-state index in [9.17, 15) is 24.4 Å². The minimum Gasteiger partial charge on any atom is -0.495 e. The molecule has 2 heterocycles. The molecule has 13 heteroatoms. The quantitative estimate of drug-likeness (QED) is 0.298. The van der Waals surface area contributed by atoms with Gasteiger partial charge in [0.1, 0.15) is 17.4 Å². The predicted molar refractivity (Wildman–Crippen MR) is 165 cm³/mol. The molecule has 1 amide bonds. The van der Waals surface area contributed by atoms with Crippen LogP contribution in [0.2, 0.25) is 5.02 Å². The Balaban J connectivity index is 1.75. The highest BCUT2D eigenvalue weighted by Crippen LogP contribution is 2.33. The monoisotopic (exact) mass is 621 g/mol. The molecule has 4 aromatic rings. The Morgan fingerprint density at radius 2 is 1.80 bits per heavy atom. The van der Waals surface area contributed by atoms with Gasteiger partial charge in [0.15, 0.2) is 0 Å². The fourth-order valence-electron chi connectivity index (χ4n) is 4.75. The Kier molecular flexibility index (Phi) is 9.32. The fourth-order valence-corrected chi connectivity index (χ4v) is 4.92. The van der Waals surface area contributed by atoms with Crippen molar-refractivity contribution in [1.82, 2.24) is 13.9 Å². The minimum atomic E-state index is -1.04. The lowest BCUT2D eigenvalue weighted by atomic mass is 10.00. The van der Waals surface area contributed by atoms with E-state index < -0.39 is 34.8 Å². The maximum Gasteiger partial charge on any atom is 0.434 e. The van der Waals surface area contributed by atoms with Gasteiger partial charge in [0.2, 0.25) is 5.91 Å². The van der Waals surface area contributed by atoms with Crippen molar-refractivity contribution in [1.29, 1.82) is 5.26 Å². The molecule has 0 aliphatic rings. The number of hydrogen-bond donors (Lipinski definition) is 1. The maximum absolute atomic E-state index is 13.7. The number of fused-ring (bicyclic) bond motifs is 1. The molecule has 4 rings (SSSR count). The van der Waals surface area contributed by atoms with Crippen LogP contribution in [0.1, 0.15) is 38.8 Å². The van der Waals surface area contributed by atoms with Crippen LogP contribution in [-0.2, 0) is 21.3 Å². The zero-order valence-electron chi connectivity index (χ0n) is 25.1. The van der Waals surface area contributed by atoms with Crippen molar-refractivity contribution in [3.63, 3.8) is 0 Å². The summed E-state index contributed by atoms with van der Waals surface area (Å²) in [5.74, 6) is -0.313. The predicted octanol–water partition coefficient (Wildman–Crippen LogP) is 4.70. The van der Waals surface area contributed by atoms with E-state index >= 15 is 0 Å². The van der Waals surface area contributed by atoms with Crippen molar-refractivity contribution in [2.45, 2.75) is 38.8 Å². The lowest BCUT2D eigenvalue weighted by Crippen LogP contribution is -2.34. The standard InChI is InChI=1S/C31H32ClN5O7/c1-31(2,3)44-30(41)37-25-14-20(9-10-21(25)29(40)35(37)4)34-28(39)24(11-12-42-5)36-17-26(43-6)23(15-27(36)38)22-13-19(32)8-7-18(22)16-33/h7-10,13-15,17,24H,11-12H2,1-6H3,(H,34,39). The first-order chi connectivity index (χ1) is 20.8. The molecule has 0 saturated heterocycles. The van der Waals surface area contributed by atoms with Gasteiger partial charge in [-0.1, -0.05) is 11.6 Å². The molecular formula is C31H32ClN5O7. The van der Waals surface area contributed by atoms with Crippen LogP contribution in [-0.4, -0.2) is 52.4 Å². The summed E-state index contributed by atoms with van der Waals surface area (Å²) in [5, 5.41) is 13.0. The van der Waals surface area contributed by atoms with Crippen LogP contribution in [0.15, 0.2) is 58.3 Å². The molecule has 0 fully saturated rings. The number of carbonyl (C=O) groups excluding carboxylic acids is 2. The molecule has 2 aromatic heterocycles. The average Bonchev–Trinajstić information content (AvgIpc) is 3.21. The van der Waals surface area contributed by atoms with Gasteiger partial charge in [-0.25, -0.2) is 9.48 Å². The molecule has 0 aliphatic carbocycles. The number of methoxy groups -OCH3 is 2. The van der Waals surface area contributed by atoms with Crippen LogP contribution in [0, 0.1) is 11.3 Å². The van der Waals surface area contributed by atoms with Crippen molar-refractivity contribution in [3.05, 3.63) is 80.0 Å². The zero-order valence-corrected chi connectivity index (χ0v) is 25.9. The molecule has 230 valence electrons.